The maximum atomic E-state index is 11.0. The lowest BCUT2D eigenvalue weighted by Crippen LogP contribution is -2.49. The van der Waals surface area contributed by atoms with Crippen molar-refractivity contribution < 1.29 is 14.6 Å². The summed E-state index contributed by atoms with van der Waals surface area (Å²) in [6, 6.07) is -0.340. The number of thioether (sulfide) groups is 1. The Kier molecular flexibility index (Phi) is 6.11. The third kappa shape index (κ3) is 4.95. The van der Waals surface area contributed by atoms with Crippen molar-refractivity contribution in [1.82, 2.24) is 4.90 Å². The minimum absolute atomic E-state index is 0.154. The van der Waals surface area contributed by atoms with Gasteiger partial charge in [0.05, 0.1) is 12.7 Å². The molecule has 1 aliphatic rings. The number of hydrogen-bond donors (Lipinski definition) is 2. The van der Waals surface area contributed by atoms with Crippen LogP contribution < -0.4 is 5.73 Å². The summed E-state index contributed by atoms with van der Waals surface area (Å²) < 4.78 is 5.25. The van der Waals surface area contributed by atoms with Crippen molar-refractivity contribution in [2.24, 2.45) is 5.73 Å². The zero-order valence-corrected chi connectivity index (χ0v) is 13.1. The summed E-state index contributed by atoms with van der Waals surface area (Å²) >= 11 is 1.58. The lowest BCUT2D eigenvalue weighted by molar-refractivity contribution is -0.139. The van der Waals surface area contributed by atoms with E-state index < -0.39 is 16.8 Å². The molecule has 0 bridgehead atoms. The molecular formula is C13H26N2O3S. The predicted molar refractivity (Wildman–Crippen MR) is 78.6 cm³/mol. The summed E-state index contributed by atoms with van der Waals surface area (Å²) in [5, 5.41) is 8.99. The standard InChI is InChI=1S/C13H26N2O3S/c1-9(2)15-5-6-18-10(7-15)8-19-13(3,4)11(14)12(16)17/h9-11H,5-8,14H2,1-4H3,(H,16,17)/t10?,11-/m0/s1. The van der Waals surface area contributed by atoms with E-state index in [1.807, 2.05) is 13.8 Å². The first-order chi connectivity index (χ1) is 8.74. The fraction of sp³-hybridized carbons (Fsp3) is 0.923. The number of carboxylic acids is 1. The summed E-state index contributed by atoms with van der Waals surface area (Å²) in [5.41, 5.74) is 5.71. The lowest BCUT2D eigenvalue weighted by atomic mass is 10.1. The third-order valence-electron chi connectivity index (χ3n) is 3.56. The zero-order valence-electron chi connectivity index (χ0n) is 12.3. The second kappa shape index (κ2) is 6.92. The van der Waals surface area contributed by atoms with Gasteiger partial charge in [0.1, 0.15) is 6.04 Å². The van der Waals surface area contributed by atoms with Crippen molar-refractivity contribution in [2.75, 3.05) is 25.4 Å². The molecule has 0 spiro atoms. The van der Waals surface area contributed by atoms with E-state index in [9.17, 15) is 4.79 Å². The summed E-state index contributed by atoms with van der Waals surface area (Å²) in [6.07, 6.45) is 0.154. The summed E-state index contributed by atoms with van der Waals surface area (Å²) in [6.45, 7) is 10.7. The molecular weight excluding hydrogens is 264 g/mol. The first-order valence-corrected chi connectivity index (χ1v) is 7.70. The van der Waals surface area contributed by atoms with Crippen molar-refractivity contribution in [3.05, 3.63) is 0 Å². The SMILES string of the molecule is CC(C)N1CCOC(CSC(C)(C)[C@@H](N)C(=O)O)C1. The van der Waals surface area contributed by atoms with Crippen LogP contribution in [0.15, 0.2) is 0 Å². The van der Waals surface area contributed by atoms with Crippen LogP contribution in [0.5, 0.6) is 0 Å². The summed E-state index contributed by atoms with van der Waals surface area (Å²) in [5.74, 6) is -0.178. The molecule has 0 aliphatic carbocycles. The van der Waals surface area contributed by atoms with Crippen LogP contribution in [0.4, 0.5) is 0 Å². The molecule has 1 fully saturated rings. The van der Waals surface area contributed by atoms with E-state index in [2.05, 4.69) is 18.7 Å². The second-order valence-corrected chi connectivity index (χ2v) is 7.49. The van der Waals surface area contributed by atoms with Gasteiger partial charge < -0.3 is 15.6 Å². The predicted octanol–water partition coefficient (Wildman–Crippen LogP) is 1.02. The van der Waals surface area contributed by atoms with Crippen LogP contribution in [0.1, 0.15) is 27.7 Å². The largest absolute Gasteiger partial charge is 0.480 e. The van der Waals surface area contributed by atoms with E-state index in [-0.39, 0.29) is 6.10 Å². The Morgan fingerprint density at radius 1 is 1.58 bits per heavy atom. The van der Waals surface area contributed by atoms with E-state index in [1.54, 1.807) is 11.8 Å². The summed E-state index contributed by atoms with van der Waals surface area (Å²) in [7, 11) is 0. The maximum Gasteiger partial charge on any atom is 0.321 e. The number of ether oxygens (including phenoxy) is 1. The number of rotatable bonds is 6. The number of nitrogens with zero attached hydrogens (tertiary/aromatic N) is 1. The van der Waals surface area contributed by atoms with Crippen molar-refractivity contribution in [1.29, 1.82) is 0 Å². The zero-order chi connectivity index (χ0) is 14.6. The minimum atomic E-state index is -0.953. The van der Waals surface area contributed by atoms with E-state index >= 15 is 0 Å². The van der Waals surface area contributed by atoms with E-state index in [1.165, 1.54) is 0 Å². The topological polar surface area (TPSA) is 75.8 Å². The normalized spacial score (nSPS) is 23.6. The fourth-order valence-corrected chi connectivity index (χ4v) is 3.10. The molecule has 0 amide bonds. The number of nitrogens with two attached hydrogens (primary N) is 1. The Morgan fingerprint density at radius 3 is 2.74 bits per heavy atom. The molecule has 6 heteroatoms. The van der Waals surface area contributed by atoms with Crippen molar-refractivity contribution in [2.45, 2.75) is 50.6 Å². The van der Waals surface area contributed by atoms with Crippen molar-refractivity contribution in [3.8, 4) is 0 Å². The van der Waals surface area contributed by atoms with Gasteiger partial charge in [0.15, 0.2) is 0 Å². The molecule has 0 aromatic heterocycles. The van der Waals surface area contributed by atoms with E-state index in [4.69, 9.17) is 15.6 Å². The molecule has 2 atom stereocenters. The molecule has 112 valence electrons. The highest BCUT2D eigenvalue weighted by Crippen LogP contribution is 2.29. The van der Waals surface area contributed by atoms with Gasteiger partial charge in [0.25, 0.3) is 0 Å². The van der Waals surface area contributed by atoms with Crippen LogP contribution in [0.3, 0.4) is 0 Å². The number of hydrogen-bond acceptors (Lipinski definition) is 5. The van der Waals surface area contributed by atoms with E-state index in [0.29, 0.717) is 6.04 Å². The lowest BCUT2D eigenvalue weighted by Gasteiger charge is -2.37. The van der Waals surface area contributed by atoms with Gasteiger partial charge in [0.2, 0.25) is 0 Å². The van der Waals surface area contributed by atoms with Crippen LogP contribution in [0.2, 0.25) is 0 Å². The van der Waals surface area contributed by atoms with Crippen LogP contribution in [-0.4, -0.2) is 64.4 Å². The van der Waals surface area contributed by atoms with Gasteiger partial charge in [-0.3, -0.25) is 9.69 Å². The molecule has 5 nitrogen and oxygen atoms in total. The molecule has 1 saturated heterocycles. The van der Waals surface area contributed by atoms with Crippen LogP contribution in [0.25, 0.3) is 0 Å². The quantitative estimate of drug-likeness (QED) is 0.760. The highest BCUT2D eigenvalue weighted by Gasteiger charge is 2.34. The van der Waals surface area contributed by atoms with Gasteiger partial charge in [-0.15, -0.1) is 0 Å². The average molecular weight is 290 g/mol. The van der Waals surface area contributed by atoms with Gasteiger partial charge in [-0.05, 0) is 27.7 Å². The van der Waals surface area contributed by atoms with Crippen LogP contribution in [0, 0.1) is 0 Å². The molecule has 3 N–H and O–H groups in total. The average Bonchev–Trinajstić information content (AvgIpc) is 2.35. The first-order valence-electron chi connectivity index (χ1n) is 6.72. The molecule has 1 heterocycles. The van der Waals surface area contributed by atoms with Crippen LogP contribution >= 0.6 is 11.8 Å². The van der Waals surface area contributed by atoms with Crippen molar-refractivity contribution in [3.63, 3.8) is 0 Å². The monoisotopic (exact) mass is 290 g/mol. The highest BCUT2D eigenvalue weighted by molar-refractivity contribution is 8.00. The van der Waals surface area contributed by atoms with Gasteiger partial charge in [0, 0.05) is 29.6 Å². The second-order valence-electron chi connectivity index (χ2n) is 5.81. The van der Waals surface area contributed by atoms with Gasteiger partial charge in [-0.25, -0.2) is 0 Å². The smallest absolute Gasteiger partial charge is 0.321 e. The minimum Gasteiger partial charge on any atom is -0.480 e. The third-order valence-corrected chi connectivity index (χ3v) is 5.09. The Hall–Kier alpha value is -0.300. The summed E-state index contributed by atoms with van der Waals surface area (Å²) in [4.78, 5) is 13.3. The number of carboxylic acid groups (broad SMARTS) is 1. The Morgan fingerprint density at radius 2 is 2.21 bits per heavy atom. The molecule has 19 heavy (non-hydrogen) atoms. The fourth-order valence-electron chi connectivity index (χ4n) is 2.01. The number of morpholine rings is 1. The highest BCUT2D eigenvalue weighted by atomic mass is 32.2. The van der Waals surface area contributed by atoms with Gasteiger partial charge in [-0.2, -0.15) is 11.8 Å². The Balaban J connectivity index is 2.45. The number of carbonyl (C=O) groups is 1. The van der Waals surface area contributed by atoms with Gasteiger partial charge >= 0.3 is 5.97 Å². The Bertz CT molecular complexity index is 310. The molecule has 1 rings (SSSR count). The maximum absolute atomic E-state index is 11.0. The molecule has 0 radical (unpaired) electrons. The first kappa shape index (κ1) is 16.8. The molecule has 1 unspecified atom stereocenters. The molecule has 1 aliphatic heterocycles. The molecule has 0 saturated carbocycles. The number of aliphatic carboxylic acids is 1. The Labute approximate surface area is 119 Å². The molecule has 0 aromatic rings. The van der Waals surface area contributed by atoms with Crippen LogP contribution in [-0.2, 0) is 9.53 Å². The molecule has 0 aromatic carbocycles. The van der Waals surface area contributed by atoms with Crippen molar-refractivity contribution >= 4 is 17.7 Å². The van der Waals surface area contributed by atoms with Gasteiger partial charge in [-0.1, -0.05) is 0 Å². The van der Waals surface area contributed by atoms with E-state index in [0.717, 1.165) is 25.4 Å².